The Morgan fingerprint density at radius 3 is 1.94 bits per heavy atom. The average molecular weight is 263 g/mol. The molecule has 0 saturated heterocycles. The van der Waals surface area contributed by atoms with Crippen LogP contribution in [0.15, 0.2) is 5.18 Å². The normalized spacial score (nSPS) is 18.1. The van der Waals surface area contributed by atoms with E-state index in [0.717, 1.165) is 0 Å². The van der Waals surface area contributed by atoms with Gasteiger partial charge in [0.15, 0.2) is 0 Å². The minimum Gasteiger partial charge on any atom is -0.396 e. The van der Waals surface area contributed by atoms with Crippen LogP contribution in [0.4, 0.5) is 0 Å². The lowest BCUT2D eigenvalue weighted by Crippen LogP contribution is -2.19. The second-order valence-electron chi connectivity index (χ2n) is 4.83. The molecule has 4 unspecified atom stereocenters. The maximum atomic E-state index is 10.2. The highest BCUT2D eigenvalue weighted by atomic mass is 16.3. The number of nitrogens with zero attached hydrogens (tertiary/aromatic N) is 1. The molecule has 0 bridgehead atoms. The van der Waals surface area contributed by atoms with E-state index in [9.17, 15) is 20.2 Å². The van der Waals surface area contributed by atoms with Crippen molar-refractivity contribution >= 4 is 0 Å². The smallest absolute Gasteiger partial charge is 0.0916 e. The lowest BCUT2D eigenvalue weighted by molar-refractivity contribution is 0.0563. The van der Waals surface area contributed by atoms with E-state index < -0.39 is 24.4 Å². The van der Waals surface area contributed by atoms with Gasteiger partial charge in [-0.05, 0) is 45.4 Å². The minimum atomic E-state index is -0.686. The fourth-order valence-electron chi connectivity index (χ4n) is 1.84. The van der Waals surface area contributed by atoms with Crippen molar-refractivity contribution in [2.45, 2.75) is 69.8 Å². The monoisotopic (exact) mass is 263 g/mol. The molecule has 0 aromatic heterocycles. The van der Waals surface area contributed by atoms with Crippen LogP contribution in [0.2, 0.25) is 0 Å². The summed E-state index contributed by atoms with van der Waals surface area (Å²) in [6, 6.07) is -0.392. The molecule has 6 nitrogen and oxygen atoms in total. The van der Waals surface area contributed by atoms with Crippen molar-refractivity contribution in [3.05, 3.63) is 4.91 Å². The molecule has 4 N–H and O–H groups in total. The van der Waals surface area contributed by atoms with E-state index in [1.165, 1.54) is 0 Å². The van der Waals surface area contributed by atoms with E-state index in [2.05, 4.69) is 5.18 Å². The van der Waals surface area contributed by atoms with Crippen molar-refractivity contribution in [3.8, 4) is 0 Å². The molecule has 0 spiro atoms. The molecule has 6 heteroatoms. The summed E-state index contributed by atoms with van der Waals surface area (Å²) in [5.74, 6) is 0. The number of hydrogen-bond donors (Lipinski definition) is 4. The largest absolute Gasteiger partial charge is 0.396 e. The van der Waals surface area contributed by atoms with Crippen molar-refractivity contribution in [1.29, 1.82) is 0 Å². The highest BCUT2D eigenvalue weighted by molar-refractivity contribution is 4.68. The van der Waals surface area contributed by atoms with Crippen LogP contribution in [0.5, 0.6) is 0 Å². The lowest BCUT2D eigenvalue weighted by Gasteiger charge is -2.16. The van der Waals surface area contributed by atoms with E-state index in [0.29, 0.717) is 25.7 Å². The number of rotatable bonds is 11. The average Bonchev–Trinajstić information content (AvgIpc) is 2.28. The molecule has 4 atom stereocenters. The summed E-state index contributed by atoms with van der Waals surface area (Å²) < 4.78 is 0. The predicted molar refractivity (Wildman–Crippen MR) is 68.1 cm³/mol. The number of nitroso groups, excluding NO2 is 1. The summed E-state index contributed by atoms with van der Waals surface area (Å²) in [4.78, 5) is 10.2. The van der Waals surface area contributed by atoms with Crippen LogP contribution < -0.4 is 0 Å². The summed E-state index contributed by atoms with van der Waals surface area (Å²) in [5, 5.41) is 39.9. The number of aliphatic hydroxyl groups excluding tert-OH is 4. The van der Waals surface area contributed by atoms with Crippen LogP contribution in [-0.2, 0) is 0 Å². The minimum absolute atomic E-state index is 0.0941. The van der Waals surface area contributed by atoms with Gasteiger partial charge in [0, 0.05) is 6.61 Å². The van der Waals surface area contributed by atoms with Gasteiger partial charge in [0.05, 0.1) is 24.4 Å². The molecule has 108 valence electrons. The Morgan fingerprint density at radius 2 is 1.44 bits per heavy atom. The zero-order valence-electron chi connectivity index (χ0n) is 10.9. The van der Waals surface area contributed by atoms with Crippen LogP contribution in [0.3, 0.4) is 0 Å². The van der Waals surface area contributed by atoms with Crippen LogP contribution >= 0.6 is 0 Å². The second kappa shape index (κ2) is 10.4. The molecule has 0 heterocycles. The molecule has 0 radical (unpaired) electrons. The molecule has 0 aliphatic rings. The van der Waals surface area contributed by atoms with E-state index in [1.807, 2.05) is 0 Å². The van der Waals surface area contributed by atoms with E-state index in [4.69, 9.17) is 5.11 Å². The fourth-order valence-corrected chi connectivity index (χ4v) is 1.84. The first-order valence-electron chi connectivity index (χ1n) is 6.47. The maximum Gasteiger partial charge on any atom is 0.0916 e. The summed E-state index contributed by atoms with van der Waals surface area (Å²) >= 11 is 0. The molecule has 0 aliphatic carbocycles. The first kappa shape index (κ1) is 17.4. The molecule has 0 saturated carbocycles. The highest BCUT2D eigenvalue weighted by Gasteiger charge is 2.14. The fraction of sp³-hybridized carbons (Fsp3) is 1.00. The first-order valence-corrected chi connectivity index (χ1v) is 6.47. The van der Waals surface area contributed by atoms with Gasteiger partial charge in [0.2, 0.25) is 0 Å². The highest BCUT2D eigenvalue weighted by Crippen LogP contribution is 2.13. The standard InChI is InChI=1S/C12H25NO5/c1-9(13-18)7-10(15)3-2-4-11(16)8-12(17)5-6-14/h9-12,14-17H,2-8H2,1H3. The zero-order chi connectivity index (χ0) is 14.0. The third-order valence-electron chi connectivity index (χ3n) is 2.87. The van der Waals surface area contributed by atoms with E-state index in [1.54, 1.807) is 6.92 Å². The molecule has 0 aliphatic heterocycles. The van der Waals surface area contributed by atoms with Crippen LogP contribution in [-0.4, -0.2) is 51.4 Å². The van der Waals surface area contributed by atoms with Gasteiger partial charge in [0.25, 0.3) is 0 Å². The first-order chi connectivity index (χ1) is 8.49. The Hall–Kier alpha value is -0.560. The molecule has 18 heavy (non-hydrogen) atoms. The van der Waals surface area contributed by atoms with E-state index >= 15 is 0 Å². The molecule has 0 amide bonds. The maximum absolute atomic E-state index is 10.2. The zero-order valence-corrected chi connectivity index (χ0v) is 10.9. The van der Waals surface area contributed by atoms with Gasteiger partial charge in [-0.15, -0.1) is 0 Å². The van der Waals surface area contributed by atoms with Gasteiger partial charge >= 0.3 is 0 Å². The van der Waals surface area contributed by atoms with Gasteiger partial charge in [-0.1, -0.05) is 5.18 Å². The van der Waals surface area contributed by atoms with Crippen molar-refractivity contribution in [1.82, 2.24) is 0 Å². The van der Waals surface area contributed by atoms with Gasteiger partial charge < -0.3 is 20.4 Å². The second-order valence-corrected chi connectivity index (χ2v) is 4.83. The summed E-state index contributed by atoms with van der Waals surface area (Å²) in [5.41, 5.74) is 0. The molecular formula is C12H25NO5. The van der Waals surface area contributed by atoms with Crippen LogP contribution in [0.1, 0.15) is 45.4 Å². The predicted octanol–water partition coefficient (Wildman–Crippen LogP) is 0.557. The number of aliphatic hydroxyl groups is 4. The van der Waals surface area contributed by atoms with Gasteiger partial charge in [-0.25, -0.2) is 0 Å². The van der Waals surface area contributed by atoms with Crippen LogP contribution in [0.25, 0.3) is 0 Å². The molecule has 0 rings (SSSR count). The molecule has 0 fully saturated rings. The Kier molecular flexibility index (Phi) is 10.0. The van der Waals surface area contributed by atoms with Crippen molar-refractivity contribution in [2.24, 2.45) is 5.18 Å². The Bertz CT molecular complexity index is 215. The lowest BCUT2D eigenvalue weighted by atomic mass is 10.0. The van der Waals surface area contributed by atoms with Crippen molar-refractivity contribution in [3.63, 3.8) is 0 Å². The van der Waals surface area contributed by atoms with E-state index in [-0.39, 0.29) is 19.4 Å². The summed E-state index contributed by atoms with van der Waals surface area (Å²) in [6.45, 7) is 1.56. The third kappa shape index (κ3) is 9.47. The third-order valence-corrected chi connectivity index (χ3v) is 2.87. The topological polar surface area (TPSA) is 110 Å². The quantitative estimate of drug-likeness (QED) is 0.407. The Morgan fingerprint density at radius 1 is 0.944 bits per heavy atom. The molecule has 0 aromatic rings. The summed E-state index contributed by atoms with van der Waals surface area (Å²) in [6.07, 6.45) is 0.578. The Balaban J connectivity index is 3.60. The molecular weight excluding hydrogens is 238 g/mol. The van der Waals surface area contributed by atoms with Gasteiger partial charge in [-0.3, -0.25) is 0 Å². The van der Waals surface area contributed by atoms with Gasteiger partial charge in [0.1, 0.15) is 0 Å². The van der Waals surface area contributed by atoms with Gasteiger partial charge in [-0.2, -0.15) is 4.91 Å². The van der Waals surface area contributed by atoms with Crippen LogP contribution in [0, 0.1) is 4.91 Å². The number of hydrogen-bond acceptors (Lipinski definition) is 6. The van der Waals surface area contributed by atoms with Crippen molar-refractivity contribution < 1.29 is 20.4 Å². The molecule has 0 aromatic carbocycles. The summed E-state index contributed by atoms with van der Waals surface area (Å²) in [7, 11) is 0. The Labute approximate surface area is 108 Å². The SMILES string of the molecule is CC(CC(O)CCCC(O)CC(O)CCO)N=O. The van der Waals surface area contributed by atoms with Crippen molar-refractivity contribution in [2.75, 3.05) is 6.61 Å².